The molecule has 0 fully saturated rings. The summed E-state index contributed by atoms with van der Waals surface area (Å²) in [6, 6.07) is 15.5. The van der Waals surface area contributed by atoms with Gasteiger partial charge in [0.2, 0.25) is 0 Å². The Balaban J connectivity index is 1.54. The van der Waals surface area contributed by atoms with Gasteiger partial charge in [-0.3, -0.25) is 4.79 Å². The van der Waals surface area contributed by atoms with Crippen molar-refractivity contribution in [3.8, 4) is 0 Å². The number of anilines is 1. The minimum absolute atomic E-state index is 0.107. The van der Waals surface area contributed by atoms with Crippen LogP contribution in [0.15, 0.2) is 59.7 Å². The maximum Gasteiger partial charge on any atom is 0.259 e. The van der Waals surface area contributed by atoms with Crippen molar-refractivity contribution in [2.45, 2.75) is 40.0 Å². The lowest BCUT2D eigenvalue weighted by Crippen LogP contribution is -2.27. The highest BCUT2D eigenvalue weighted by atomic mass is 35.5. The average Bonchev–Trinajstić information content (AvgIpc) is 3.35. The molecule has 0 aliphatic heterocycles. The molecule has 0 saturated heterocycles. The van der Waals surface area contributed by atoms with Crippen molar-refractivity contribution in [1.82, 2.24) is 4.57 Å². The molecule has 1 aliphatic carbocycles. The highest BCUT2D eigenvalue weighted by Gasteiger charge is 2.33. The van der Waals surface area contributed by atoms with Gasteiger partial charge in [-0.1, -0.05) is 50.6 Å². The quantitative estimate of drug-likeness (QED) is 0.281. The van der Waals surface area contributed by atoms with Gasteiger partial charge in [0.25, 0.3) is 5.91 Å². The topological polar surface area (TPSA) is 46.4 Å². The smallest absolute Gasteiger partial charge is 0.259 e. The summed E-state index contributed by atoms with van der Waals surface area (Å²) in [5.74, 6) is 0.486. The minimum atomic E-state index is -0.107. The number of halogens is 1. The van der Waals surface area contributed by atoms with Crippen LogP contribution in [0.1, 0.15) is 53.6 Å². The molecular formula is C29H30ClN3OS. The van der Waals surface area contributed by atoms with Crippen molar-refractivity contribution in [2.75, 3.05) is 5.32 Å². The van der Waals surface area contributed by atoms with Crippen molar-refractivity contribution >= 4 is 56.7 Å². The van der Waals surface area contributed by atoms with Gasteiger partial charge < -0.3 is 9.88 Å². The molecule has 180 valence electrons. The summed E-state index contributed by atoms with van der Waals surface area (Å²) in [6.07, 6.45) is 6.97. The number of nitrogens with one attached hydrogen (secondary N) is 1. The van der Waals surface area contributed by atoms with E-state index in [9.17, 15) is 4.79 Å². The number of rotatable bonds is 4. The number of benzene rings is 2. The van der Waals surface area contributed by atoms with Crippen molar-refractivity contribution < 1.29 is 4.79 Å². The van der Waals surface area contributed by atoms with Gasteiger partial charge in [-0.05, 0) is 66.5 Å². The Morgan fingerprint density at radius 3 is 2.66 bits per heavy atom. The Kier molecular flexibility index (Phi) is 6.32. The van der Waals surface area contributed by atoms with E-state index in [1.807, 2.05) is 37.5 Å². The lowest BCUT2D eigenvalue weighted by molar-refractivity contribution is 0.102. The first-order valence-corrected chi connectivity index (χ1v) is 13.2. The van der Waals surface area contributed by atoms with E-state index in [2.05, 4.69) is 49.0 Å². The number of hydrogen-bond donors (Lipinski definition) is 1. The van der Waals surface area contributed by atoms with Crippen LogP contribution in [0.4, 0.5) is 10.7 Å². The number of fused-ring (bicyclic) bond motifs is 2. The fraction of sp³-hybridized carbons (Fsp3) is 0.310. The predicted octanol–water partition coefficient (Wildman–Crippen LogP) is 8.05. The van der Waals surface area contributed by atoms with Crippen molar-refractivity contribution in [3.05, 3.63) is 81.3 Å². The Hall–Kier alpha value is -2.89. The minimum Gasteiger partial charge on any atom is -0.350 e. The third kappa shape index (κ3) is 4.80. The zero-order chi connectivity index (χ0) is 24.7. The Morgan fingerprint density at radius 2 is 1.91 bits per heavy atom. The molecule has 35 heavy (non-hydrogen) atoms. The monoisotopic (exact) mass is 503 g/mol. The Bertz CT molecular complexity index is 1420. The SMILES string of the molecule is Cn1cc(C=Nc2sc3c(c2C(=O)Nc2ccc(Cl)cc2)CC[C@H](C(C)(C)C)C3)c2ccccc21. The van der Waals surface area contributed by atoms with Gasteiger partial charge in [0.15, 0.2) is 0 Å². The van der Waals surface area contributed by atoms with Gasteiger partial charge >= 0.3 is 0 Å². The molecular weight excluding hydrogens is 474 g/mol. The van der Waals surface area contributed by atoms with Crippen molar-refractivity contribution in [3.63, 3.8) is 0 Å². The molecule has 0 radical (unpaired) electrons. The van der Waals surface area contributed by atoms with Crippen LogP contribution >= 0.6 is 22.9 Å². The maximum atomic E-state index is 13.5. The van der Waals surface area contributed by atoms with Crippen LogP contribution in [0.2, 0.25) is 5.02 Å². The number of carbonyl (C=O) groups is 1. The number of aromatic nitrogens is 1. The highest BCUT2D eigenvalue weighted by Crippen LogP contribution is 2.45. The normalized spacial score (nSPS) is 16.1. The summed E-state index contributed by atoms with van der Waals surface area (Å²) >= 11 is 7.70. The maximum absolute atomic E-state index is 13.5. The number of thiophene rings is 1. The molecule has 1 atom stereocenters. The molecule has 4 nitrogen and oxygen atoms in total. The molecule has 0 saturated carbocycles. The third-order valence-corrected chi connectivity index (χ3v) is 8.46. The summed E-state index contributed by atoms with van der Waals surface area (Å²) < 4.78 is 2.11. The van der Waals surface area contributed by atoms with Crippen molar-refractivity contribution in [1.29, 1.82) is 0 Å². The van der Waals surface area contributed by atoms with E-state index in [4.69, 9.17) is 16.6 Å². The largest absolute Gasteiger partial charge is 0.350 e. The molecule has 5 rings (SSSR count). The summed E-state index contributed by atoms with van der Waals surface area (Å²) in [4.78, 5) is 19.7. The molecule has 1 aliphatic rings. The molecule has 1 amide bonds. The highest BCUT2D eigenvalue weighted by molar-refractivity contribution is 7.16. The molecule has 2 heterocycles. The molecule has 4 aromatic rings. The summed E-state index contributed by atoms with van der Waals surface area (Å²) in [6.45, 7) is 6.93. The van der Waals surface area contributed by atoms with Gasteiger partial charge in [-0.2, -0.15) is 0 Å². The first kappa shape index (κ1) is 23.8. The van der Waals surface area contributed by atoms with Gasteiger partial charge in [0.1, 0.15) is 5.00 Å². The van der Waals surface area contributed by atoms with Gasteiger partial charge in [0.05, 0.1) is 5.56 Å². The van der Waals surface area contributed by atoms with Crippen LogP contribution in [0.3, 0.4) is 0 Å². The van der Waals surface area contributed by atoms with Crippen LogP contribution in [0.25, 0.3) is 10.9 Å². The first-order valence-electron chi connectivity index (χ1n) is 12.0. The molecule has 0 spiro atoms. The standard InChI is InChI=1S/C29H30ClN3OS/c1-29(2,3)19-9-14-23-25(15-19)35-28(26(23)27(34)32-21-12-10-20(30)11-13-21)31-16-18-17-33(4)24-8-6-5-7-22(18)24/h5-8,10-13,16-17,19H,9,14-15H2,1-4H3,(H,32,34)/t19-/m0/s1. The molecule has 1 N–H and O–H groups in total. The van der Waals surface area contributed by atoms with Crippen molar-refractivity contribution in [2.24, 2.45) is 23.4 Å². The molecule has 2 aromatic carbocycles. The van der Waals surface area contributed by atoms with E-state index in [1.165, 1.54) is 4.88 Å². The van der Waals surface area contributed by atoms with Crippen LogP contribution in [0, 0.1) is 11.3 Å². The number of para-hydroxylation sites is 1. The van der Waals surface area contributed by atoms with E-state index in [0.717, 1.165) is 52.0 Å². The second-order valence-corrected chi connectivity index (χ2v) is 11.9. The van der Waals surface area contributed by atoms with Gasteiger partial charge in [-0.15, -0.1) is 11.3 Å². The second kappa shape index (κ2) is 9.29. The summed E-state index contributed by atoms with van der Waals surface area (Å²) in [5.41, 5.74) is 5.04. The number of amides is 1. The molecule has 0 bridgehead atoms. The average molecular weight is 504 g/mol. The van der Waals surface area contributed by atoms with Crippen LogP contribution in [0.5, 0.6) is 0 Å². The fourth-order valence-corrected chi connectivity index (χ4v) is 6.36. The number of aliphatic imine (C=N–C) groups is 1. The number of carbonyl (C=O) groups excluding carboxylic acids is 1. The van der Waals surface area contributed by atoms with Gasteiger partial charge in [-0.25, -0.2) is 4.99 Å². The molecule has 0 unspecified atom stereocenters. The van der Waals surface area contributed by atoms with E-state index in [1.54, 1.807) is 23.5 Å². The Morgan fingerprint density at radius 1 is 1.17 bits per heavy atom. The third-order valence-electron chi connectivity index (χ3n) is 7.05. The number of nitrogens with zero attached hydrogens (tertiary/aromatic N) is 2. The predicted molar refractivity (Wildman–Crippen MR) is 149 cm³/mol. The van der Waals surface area contributed by atoms with E-state index < -0.39 is 0 Å². The fourth-order valence-electron chi connectivity index (χ4n) is 4.97. The zero-order valence-electron chi connectivity index (χ0n) is 20.6. The molecule has 6 heteroatoms. The lowest BCUT2D eigenvalue weighted by atomic mass is 9.72. The molecule has 2 aromatic heterocycles. The first-order chi connectivity index (χ1) is 16.7. The number of hydrogen-bond acceptors (Lipinski definition) is 3. The van der Waals surface area contributed by atoms with E-state index in [-0.39, 0.29) is 11.3 Å². The lowest BCUT2D eigenvalue weighted by Gasteiger charge is -2.33. The second-order valence-electron chi connectivity index (χ2n) is 10.4. The number of aryl methyl sites for hydroxylation is 1. The zero-order valence-corrected chi connectivity index (χ0v) is 22.1. The van der Waals surface area contributed by atoms with E-state index >= 15 is 0 Å². The summed E-state index contributed by atoms with van der Waals surface area (Å²) in [7, 11) is 2.04. The Labute approximate surface area is 215 Å². The van der Waals surface area contributed by atoms with Gasteiger partial charge in [0, 0.05) is 51.5 Å². The summed E-state index contributed by atoms with van der Waals surface area (Å²) in [5, 5.41) is 5.64. The van der Waals surface area contributed by atoms with Crippen LogP contribution < -0.4 is 5.32 Å². The van der Waals surface area contributed by atoms with Crippen LogP contribution in [-0.4, -0.2) is 16.7 Å². The van der Waals surface area contributed by atoms with Crippen LogP contribution in [-0.2, 0) is 19.9 Å². The van der Waals surface area contributed by atoms with E-state index in [0.29, 0.717) is 16.5 Å².